The van der Waals surface area contributed by atoms with Gasteiger partial charge in [0.25, 0.3) is 0 Å². The number of aliphatic imine (C=N–C) groups is 2. The largest absolute Gasteiger partial charge is 0.386 e. The van der Waals surface area contributed by atoms with Crippen molar-refractivity contribution in [3.05, 3.63) is 82.1 Å². The number of benzene rings is 1. The van der Waals surface area contributed by atoms with E-state index in [2.05, 4.69) is 51.4 Å². The first-order chi connectivity index (χ1) is 20.8. The highest BCUT2D eigenvalue weighted by atomic mass is 16.3. The van der Waals surface area contributed by atoms with Gasteiger partial charge in [-0.3, -0.25) is 14.7 Å². The molecule has 2 heterocycles. The molecule has 2 atom stereocenters. The number of carbonyl (C=O) groups is 1. The molecule has 0 amide bonds. The molecule has 5 rings (SSSR count). The molecule has 228 valence electrons. The lowest BCUT2D eigenvalue weighted by Crippen LogP contribution is -2.28. The number of nitrogens with zero attached hydrogens (tertiary/aromatic N) is 4. The van der Waals surface area contributed by atoms with Crippen LogP contribution in [0.3, 0.4) is 0 Å². The summed E-state index contributed by atoms with van der Waals surface area (Å²) in [6.45, 7) is 9.15. The number of fused-ring (bicyclic) bond motifs is 1. The van der Waals surface area contributed by atoms with Gasteiger partial charge < -0.3 is 15.2 Å². The predicted molar refractivity (Wildman–Crippen MR) is 175 cm³/mol. The molecular weight excluding hydrogens is 534 g/mol. The van der Waals surface area contributed by atoms with Crippen LogP contribution >= 0.6 is 0 Å². The fraction of sp³-hybridized carbons (Fsp3) is 0.500. The van der Waals surface area contributed by atoms with Crippen molar-refractivity contribution in [1.82, 2.24) is 15.1 Å². The van der Waals surface area contributed by atoms with Crippen molar-refractivity contribution in [1.29, 1.82) is 0 Å². The first-order valence-corrected chi connectivity index (χ1v) is 15.9. The van der Waals surface area contributed by atoms with Crippen LogP contribution in [0.5, 0.6) is 0 Å². The molecule has 2 aromatic rings. The molecule has 1 fully saturated rings. The number of nitrogens with one attached hydrogen (secondary N) is 1. The lowest BCUT2D eigenvalue weighted by molar-refractivity contribution is -0.112. The number of aldehydes is 1. The Morgan fingerprint density at radius 2 is 1.91 bits per heavy atom. The van der Waals surface area contributed by atoms with Gasteiger partial charge in [0.1, 0.15) is 6.29 Å². The van der Waals surface area contributed by atoms with E-state index in [-0.39, 0.29) is 17.8 Å². The van der Waals surface area contributed by atoms with E-state index in [4.69, 9.17) is 15.1 Å². The Balaban J connectivity index is 1.36. The summed E-state index contributed by atoms with van der Waals surface area (Å²) in [7, 11) is 1.90. The number of aliphatic hydroxyl groups is 1. The highest BCUT2D eigenvalue weighted by molar-refractivity contribution is 6.06. The van der Waals surface area contributed by atoms with E-state index in [9.17, 15) is 9.90 Å². The van der Waals surface area contributed by atoms with Gasteiger partial charge >= 0.3 is 0 Å². The van der Waals surface area contributed by atoms with Gasteiger partial charge in [0, 0.05) is 53.5 Å². The zero-order chi connectivity index (χ0) is 30.5. The van der Waals surface area contributed by atoms with E-state index in [1.165, 1.54) is 17.0 Å². The normalized spacial score (nSPS) is 23.9. The van der Waals surface area contributed by atoms with Crippen LogP contribution in [0.1, 0.15) is 101 Å². The van der Waals surface area contributed by atoms with Crippen LogP contribution in [0.25, 0.3) is 6.08 Å². The molecule has 0 radical (unpaired) electrons. The van der Waals surface area contributed by atoms with Gasteiger partial charge in [0.2, 0.25) is 0 Å². The zero-order valence-corrected chi connectivity index (χ0v) is 26.4. The molecule has 0 spiro atoms. The Hall–Kier alpha value is -3.58. The third-order valence-electron chi connectivity index (χ3n) is 9.37. The molecule has 1 aromatic carbocycles. The smallest absolute Gasteiger partial charge is 0.123 e. The fourth-order valence-electron chi connectivity index (χ4n) is 7.09. The first kappa shape index (κ1) is 30.9. The van der Waals surface area contributed by atoms with E-state index < -0.39 is 6.10 Å². The second kappa shape index (κ2) is 13.8. The van der Waals surface area contributed by atoms with Crippen LogP contribution < -0.4 is 5.32 Å². The van der Waals surface area contributed by atoms with Gasteiger partial charge in [-0.2, -0.15) is 5.10 Å². The van der Waals surface area contributed by atoms with Crippen LogP contribution in [-0.4, -0.2) is 39.6 Å². The highest BCUT2D eigenvalue weighted by Crippen LogP contribution is 2.36. The van der Waals surface area contributed by atoms with Gasteiger partial charge in [-0.15, -0.1) is 0 Å². The number of aliphatic hydroxyl groups excluding tert-OH is 1. The molecule has 43 heavy (non-hydrogen) atoms. The summed E-state index contributed by atoms with van der Waals surface area (Å²) in [4.78, 5) is 21.2. The van der Waals surface area contributed by atoms with Gasteiger partial charge in [-0.25, -0.2) is 0 Å². The molecule has 2 unspecified atom stereocenters. The molecule has 0 saturated heterocycles. The van der Waals surface area contributed by atoms with Crippen molar-refractivity contribution >= 4 is 23.8 Å². The summed E-state index contributed by atoms with van der Waals surface area (Å²) in [6, 6.07) is 9.75. The van der Waals surface area contributed by atoms with Crippen molar-refractivity contribution in [2.24, 2.45) is 27.7 Å². The average molecular weight is 582 g/mol. The fourth-order valence-corrected chi connectivity index (χ4v) is 7.09. The summed E-state index contributed by atoms with van der Waals surface area (Å²) in [5.74, 6) is 1.11. The number of aromatic nitrogens is 2. The molecule has 2 aliphatic carbocycles. The lowest BCUT2D eigenvalue weighted by Gasteiger charge is -2.30. The Labute approximate surface area is 256 Å². The van der Waals surface area contributed by atoms with E-state index in [0.29, 0.717) is 12.5 Å². The summed E-state index contributed by atoms with van der Waals surface area (Å²) in [6.07, 6.45) is 13.8. The van der Waals surface area contributed by atoms with Crippen LogP contribution in [0, 0.1) is 17.8 Å². The van der Waals surface area contributed by atoms with Crippen LogP contribution in [0.15, 0.2) is 75.3 Å². The minimum atomic E-state index is -0.622. The topological polar surface area (TPSA) is 91.9 Å². The van der Waals surface area contributed by atoms with E-state index >= 15 is 0 Å². The number of rotatable bonds is 10. The third-order valence-corrected chi connectivity index (χ3v) is 9.37. The van der Waals surface area contributed by atoms with Crippen molar-refractivity contribution in [3.63, 3.8) is 0 Å². The summed E-state index contributed by atoms with van der Waals surface area (Å²) in [5, 5.41) is 19.4. The highest BCUT2D eigenvalue weighted by Gasteiger charge is 2.30. The summed E-state index contributed by atoms with van der Waals surface area (Å²) < 4.78 is 1.87. The van der Waals surface area contributed by atoms with Crippen LogP contribution in [-0.2, 0) is 11.3 Å². The molecular formula is C36H47N5O2. The molecule has 7 heteroatoms. The van der Waals surface area contributed by atoms with Crippen molar-refractivity contribution in [2.75, 3.05) is 7.05 Å². The van der Waals surface area contributed by atoms with Gasteiger partial charge in [0.05, 0.1) is 24.0 Å². The van der Waals surface area contributed by atoms with E-state index in [0.717, 1.165) is 85.2 Å². The molecule has 1 saturated carbocycles. The van der Waals surface area contributed by atoms with Crippen molar-refractivity contribution in [3.8, 4) is 0 Å². The molecule has 7 nitrogen and oxygen atoms in total. The zero-order valence-electron chi connectivity index (χ0n) is 26.4. The van der Waals surface area contributed by atoms with Crippen LogP contribution in [0.4, 0.5) is 0 Å². The van der Waals surface area contributed by atoms with E-state index in [1.54, 1.807) is 0 Å². The average Bonchev–Trinajstić information content (AvgIpc) is 3.43. The standard InChI is InChI=1S/C36H47N5O2/c1-23(2)35(25(4)39-31-18-19-32(38-24(31)3)27-16-14-26(22-42)15-17-27)36(37-5)29-12-9-13-33-30(29)20-41(40-33)21-34(43)28-10-7-6-8-11-28/h6-11,13,20,22-23,26-27,29,34,39,43H,12,14-19,21H2,1-5H3/b35-25-,37-36?. The Kier molecular flexibility index (Phi) is 9.91. The third kappa shape index (κ3) is 6.98. The maximum absolute atomic E-state index is 11.2. The SMILES string of the molecule is CN=C(/C(=C(/C)NC1=C(C)N=C(C2CCC(C=O)CC2)CC1)C(C)C)C1CC=Cc2nn(CC(O)c3ccccc3)cc21. The van der Waals surface area contributed by atoms with E-state index in [1.807, 2.05) is 42.1 Å². The molecule has 3 aliphatic rings. The maximum atomic E-state index is 11.2. The Bertz CT molecular complexity index is 1450. The maximum Gasteiger partial charge on any atom is 0.123 e. The number of hydrogen-bond donors (Lipinski definition) is 2. The van der Waals surface area contributed by atoms with Gasteiger partial charge in [-0.05, 0) is 87.8 Å². The minimum Gasteiger partial charge on any atom is -0.386 e. The first-order valence-electron chi connectivity index (χ1n) is 15.9. The monoisotopic (exact) mass is 581 g/mol. The lowest BCUT2D eigenvalue weighted by atomic mass is 9.78. The number of carbonyl (C=O) groups excluding carboxylic acids is 1. The van der Waals surface area contributed by atoms with Gasteiger partial charge in [-0.1, -0.05) is 50.3 Å². The van der Waals surface area contributed by atoms with Crippen molar-refractivity contribution in [2.45, 2.75) is 91.2 Å². The Morgan fingerprint density at radius 1 is 1.16 bits per heavy atom. The molecule has 2 N–H and O–H groups in total. The van der Waals surface area contributed by atoms with Gasteiger partial charge in [0.15, 0.2) is 0 Å². The quantitative estimate of drug-likeness (QED) is 0.230. The molecule has 0 bridgehead atoms. The number of allylic oxidation sites excluding steroid dienone is 5. The second-order valence-electron chi connectivity index (χ2n) is 12.7. The van der Waals surface area contributed by atoms with Crippen LogP contribution in [0.2, 0.25) is 0 Å². The summed E-state index contributed by atoms with van der Waals surface area (Å²) >= 11 is 0. The molecule has 1 aromatic heterocycles. The number of hydrogen-bond acceptors (Lipinski definition) is 6. The second-order valence-corrected chi connectivity index (χ2v) is 12.7. The summed E-state index contributed by atoms with van der Waals surface area (Å²) in [5.41, 5.74) is 9.98. The molecule has 1 aliphatic heterocycles. The predicted octanol–water partition coefficient (Wildman–Crippen LogP) is 7.18. The van der Waals surface area contributed by atoms with Crippen molar-refractivity contribution < 1.29 is 9.90 Å². The minimum absolute atomic E-state index is 0.0920. The Morgan fingerprint density at radius 3 is 2.56 bits per heavy atom.